The van der Waals surface area contributed by atoms with Crippen molar-refractivity contribution in [3.8, 4) is 0 Å². The van der Waals surface area contributed by atoms with Crippen molar-refractivity contribution in [2.75, 3.05) is 40.3 Å². The summed E-state index contributed by atoms with van der Waals surface area (Å²) in [5.41, 5.74) is 1.96. The summed E-state index contributed by atoms with van der Waals surface area (Å²) in [6.45, 7) is 7.98. The van der Waals surface area contributed by atoms with E-state index in [1.165, 1.54) is 12.0 Å². The van der Waals surface area contributed by atoms with E-state index < -0.39 is 0 Å². The van der Waals surface area contributed by atoms with Gasteiger partial charge in [0, 0.05) is 13.7 Å². The van der Waals surface area contributed by atoms with Crippen LogP contribution in [0.2, 0.25) is 0 Å². The predicted molar refractivity (Wildman–Crippen MR) is 132 cm³/mol. The number of benzene rings is 1. The molecule has 0 N–H and O–H groups in total. The smallest absolute Gasteiger partial charge is 0.157 e. The normalized spacial score (nSPS) is 26.6. The van der Waals surface area contributed by atoms with Crippen molar-refractivity contribution in [1.29, 1.82) is 0 Å². The Morgan fingerprint density at radius 2 is 1.97 bits per heavy atom. The molecular weight excluding hydrogens is 432 g/mol. The molecule has 192 valence electrons. The Morgan fingerprint density at radius 3 is 2.74 bits per heavy atom. The summed E-state index contributed by atoms with van der Waals surface area (Å²) in [5, 5.41) is 0. The SMILES string of the molecule is COCOCC1=CC[C@H](OCc2ccccc2)[C@@](C)(CCCC(C)COC2CCCCO2)OC1. The third-order valence-corrected chi connectivity index (χ3v) is 6.75. The standard InChI is InChI=1S/C28H44O6/c1-23(18-33-27-13-7-8-17-31-27)10-9-16-28(2)26(32-20-24-11-5-4-6-12-24)15-14-25(21-34-28)19-30-22-29-3/h4-6,11-12,14,23,26-27H,7-10,13,15-22H2,1-3H3/t23?,26-,27?,28+/m0/s1. The first-order chi connectivity index (χ1) is 16.6. The monoisotopic (exact) mass is 476 g/mol. The van der Waals surface area contributed by atoms with Gasteiger partial charge in [0.25, 0.3) is 0 Å². The zero-order valence-electron chi connectivity index (χ0n) is 21.3. The highest BCUT2D eigenvalue weighted by Crippen LogP contribution is 2.32. The molecule has 0 radical (unpaired) electrons. The van der Waals surface area contributed by atoms with Crippen LogP contribution in [0.5, 0.6) is 0 Å². The second-order valence-corrected chi connectivity index (χ2v) is 9.87. The molecule has 0 spiro atoms. The maximum Gasteiger partial charge on any atom is 0.157 e. The predicted octanol–water partition coefficient (Wildman–Crippen LogP) is 5.65. The lowest BCUT2D eigenvalue weighted by Gasteiger charge is -2.36. The van der Waals surface area contributed by atoms with Crippen LogP contribution >= 0.6 is 0 Å². The Bertz CT molecular complexity index is 702. The molecule has 1 fully saturated rings. The van der Waals surface area contributed by atoms with E-state index in [9.17, 15) is 0 Å². The Balaban J connectivity index is 1.51. The molecule has 3 rings (SSSR count). The van der Waals surface area contributed by atoms with Crippen molar-refractivity contribution < 1.29 is 28.4 Å². The van der Waals surface area contributed by atoms with Crippen LogP contribution in [0.3, 0.4) is 0 Å². The molecule has 0 aromatic heterocycles. The van der Waals surface area contributed by atoms with E-state index in [1.54, 1.807) is 7.11 Å². The second-order valence-electron chi connectivity index (χ2n) is 9.87. The lowest BCUT2D eigenvalue weighted by Crippen LogP contribution is -2.43. The topological polar surface area (TPSA) is 55.4 Å². The molecule has 4 atom stereocenters. The van der Waals surface area contributed by atoms with Gasteiger partial charge in [-0.15, -0.1) is 0 Å². The van der Waals surface area contributed by atoms with Gasteiger partial charge in [-0.25, -0.2) is 0 Å². The summed E-state index contributed by atoms with van der Waals surface area (Å²) >= 11 is 0. The largest absolute Gasteiger partial charge is 0.370 e. The summed E-state index contributed by atoms with van der Waals surface area (Å²) in [5.74, 6) is 0.486. The van der Waals surface area contributed by atoms with E-state index in [4.69, 9.17) is 28.4 Å². The summed E-state index contributed by atoms with van der Waals surface area (Å²) in [6.07, 6.45) is 9.46. The maximum atomic E-state index is 6.51. The van der Waals surface area contributed by atoms with Gasteiger partial charge in [0.1, 0.15) is 6.79 Å². The Hall–Kier alpha value is -1.28. The first-order valence-electron chi connectivity index (χ1n) is 12.9. The molecule has 1 aromatic rings. The fraction of sp³-hybridized carbons (Fsp3) is 0.714. The van der Waals surface area contributed by atoms with E-state index in [-0.39, 0.29) is 24.8 Å². The minimum atomic E-state index is -0.360. The van der Waals surface area contributed by atoms with Gasteiger partial charge in [0.05, 0.1) is 38.1 Å². The first-order valence-corrected chi connectivity index (χ1v) is 12.9. The van der Waals surface area contributed by atoms with Gasteiger partial charge in [0.2, 0.25) is 0 Å². The van der Waals surface area contributed by atoms with Gasteiger partial charge in [-0.1, -0.05) is 49.8 Å². The summed E-state index contributed by atoms with van der Waals surface area (Å²) < 4.78 is 35.2. The van der Waals surface area contributed by atoms with Crippen LogP contribution < -0.4 is 0 Å². The molecule has 0 amide bonds. The molecular formula is C28H44O6. The fourth-order valence-corrected chi connectivity index (χ4v) is 4.54. The second kappa shape index (κ2) is 15.0. The number of rotatable bonds is 14. The van der Waals surface area contributed by atoms with Gasteiger partial charge in [-0.3, -0.25) is 0 Å². The quantitative estimate of drug-likeness (QED) is 0.197. The first kappa shape index (κ1) is 27.3. The van der Waals surface area contributed by atoms with Crippen LogP contribution in [0.1, 0.15) is 64.4 Å². The zero-order valence-corrected chi connectivity index (χ0v) is 21.3. The van der Waals surface area contributed by atoms with E-state index in [1.807, 2.05) is 6.07 Å². The van der Waals surface area contributed by atoms with Crippen molar-refractivity contribution in [1.82, 2.24) is 0 Å². The molecule has 6 heteroatoms. The number of hydrogen-bond donors (Lipinski definition) is 0. The van der Waals surface area contributed by atoms with Crippen LogP contribution in [0.4, 0.5) is 0 Å². The minimum Gasteiger partial charge on any atom is -0.370 e. The van der Waals surface area contributed by atoms with E-state index in [0.717, 1.165) is 57.3 Å². The molecule has 1 aromatic carbocycles. The van der Waals surface area contributed by atoms with Crippen LogP contribution in [0, 0.1) is 5.92 Å². The summed E-state index contributed by atoms with van der Waals surface area (Å²) in [6, 6.07) is 10.3. The third-order valence-electron chi connectivity index (χ3n) is 6.75. The van der Waals surface area contributed by atoms with Crippen molar-refractivity contribution in [2.24, 2.45) is 5.92 Å². The van der Waals surface area contributed by atoms with Crippen molar-refractivity contribution in [3.05, 3.63) is 47.5 Å². The number of hydrogen-bond acceptors (Lipinski definition) is 6. The summed E-state index contributed by atoms with van der Waals surface area (Å²) in [7, 11) is 1.64. The lowest BCUT2D eigenvalue weighted by atomic mass is 9.88. The molecule has 1 saturated heterocycles. The molecule has 0 aliphatic carbocycles. The third kappa shape index (κ3) is 9.40. The van der Waals surface area contributed by atoms with E-state index >= 15 is 0 Å². The van der Waals surface area contributed by atoms with Gasteiger partial charge in [-0.05, 0) is 62.5 Å². The molecule has 2 unspecified atom stereocenters. The van der Waals surface area contributed by atoms with Crippen LogP contribution in [0.15, 0.2) is 42.0 Å². The molecule has 2 aliphatic rings. The number of ether oxygens (including phenoxy) is 6. The van der Waals surface area contributed by atoms with E-state index in [0.29, 0.717) is 25.7 Å². The molecule has 0 bridgehead atoms. The maximum absolute atomic E-state index is 6.51. The lowest BCUT2D eigenvalue weighted by molar-refractivity contribution is -0.169. The van der Waals surface area contributed by atoms with Gasteiger partial charge in [0.15, 0.2) is 6.29 Å². The van der Waals surface area contributed by atoms with Crippen molar-refractivity contribution in [2.45, 2.75) is 83.4 Å². The number of methoxy groups -OCH3 is 1. The highest BCUT2D eigenvalue weighted by molar-refractivity contribution is 5.14. The molecule has 34 heavy (non-hydrogen) atoms. The van der Waals surface area contributed by atoms with Gasteiger partial charge in [-0.2, -0.15) is 0 Å². The van der Waals surface area contributed by atoms with E-state index in [2.05, 4.69) is 44.2 Å². The average Bonchev–Trinajstić information content (AvgIpc) is 3.02. The molecule has 0 saturated carbocycles. The van der Waals surface area contributed by atoms with Crippen molar-refractivity contribution >= 4 is 0 Å². The van der Waals surface area contributed by atoms with Gasteiger partial charge < -0.3 is 28.4 Å². The average molecular weight is 477 g/mol. The molecule has 2 heterocycles. The fourth-order valence-electron chi connectivity index (χ4n) is 4.54. The molecule has 2 aliphatic heterocycles. The van der Waals surface area contributed by atoms with Crippen LogP contribution in [-0.4, -0.2) is 58.3 Å². The zero-order chi connectivity index (χ0) is 24.1. The Labute approximate surface area is 205 Å². The van der Waals surface area contributed by atoms with Crippen LogP contribution in [-0.2, 0) is 35.0 Å². The van der Waals surface area contributed by atoms with Gasteiger partial charge >= 0.3 is 0 Å². The highest BCUT2D eigenvalue weighted by Gasteiger charge is 2.37. The van der Waals surface area contributed by atoms with Crippen molar-refractivity contribution in [3.63, 3.8) is 0 Å². The Kier molecular flexibility index (Phi) is 12.0. The van der Waals surface area contributed by atoms with Crippen LogP contribution in [0.25, 0.3) is 0 Å². The minimum absolute atomic E-state index is 0.0144. The Morgan fingerprint density at radius 1 is 1.12 bits per heavy atom. The summed E-state index contributed by atoms with van der Waals surface area (Å²) in [4.78, 5) is 0. The molecule has 6 nitrogen and oxygen atoms in total. The highest BCUT2D eigenvalue weighted by atomic mass is 16.7.